The molecule has 0 aliphatic heterocycles. The standard InChI is InChI=1S/C11H14N2O4S/c1-11(2,3)13-18(15,16)7-4-5-8-9(6-7)17-10(14)12-8/h4-6,13H,1-3H3,(H,12,14). The molecular formula is C11H14N2O4S. The average molecular weight is 270 g/mol. The van der Waals surface area contributed by atoms with Crippen molar-refractivity contribution in [3.8, 4) is 0 Å². The third-order valence-electron chi connectivity index (χ3n) is 2.14. The second kappa shape index (κ2) is 3.96. The Bertz CT molecular complexity index is 734. The van der Waals surface area contributed by atoms with Crippen molar-refractivity contribution in [1.82, 2.24) is 9.71 Å². The molecule has 0 atom stereocenters. The van der Waals surface area contributed by atoms with Crippen molar-refractivity contribution in [2.24, 2.45) is 0 Å². The zero-order valence-electron chi connectivity index (χ0n) is 10.3. The van der Waals surface area contributed by atoms with Crippen molar-refractivity contribution in [2.75, 3.05) is 0 Å². The Morgan fingerprint density at radius 3 is 2.56 bits per heavy atom. The van der Waals surface area contributed by atoms with Crippen LogP contribution in [0.1, 0.15) is 20.8 Å². The van der Waals surface area contributed by atoms with E-state index in [1.54, 1.807) is 20.8 Å². The number of aromatic nitrogens is 1. The van der Waals surface area contributed by atoms with Gasteiger partial charge in [0, 0.05) is 11.6 Å². The van der Waals surface area contributed by atoms with Crippen LogP contribution in [-0.2, 0) is 10.0 Å². The van der Waals surface area contributed by atoms with Gasteiger partial charge in [-0.05, 0) is 32.9 Å². The molecule has 0 bridgehead atoms. The van der Waals surface area contributed by atoms with Gasteiger partial charge in [0.05, 0.1) is 10.4 Å². The van der Waals surface area contributed by atoms with Crippen LogP contribution in [0.3, 0.4) is 0 Å². The van der Waals surface area contributed by atoms with Crippen molar-refractivity contribution in [3.63, 3.8) is 0 Å². The number of oxazole rings is 1. The summed E-state index contributed by atoms with van der Waals surface area (Å²) < 4.78 is 31.5. The van der Waals surface area contributed by atoms with Crippen LogP contribution < -0.4 is 10.5 Å². The van der Waals surface area contributed by atoms with Crippen molar-refractivity contribution in [2.45, 2.75) is 31.2 Å². The van der Waals surface area contributed by atoms with Crippen LogP contribution in [0.4, 0.5) is 0 Å². The van der Waals surface area contributed by atoms with Gasteiger partial charge in [-0.2, -0.15) is 0 Å². The largest absolute Gasteiger partial charge is 0.417 e. The Morgan fingerprint density at radius 2 is 1.94 bits per heavy atom. The van der Waals surface area contributed by atoms with E-state index >= 15 is 0 Å². The zero-order valence-corrected chi connectivity index (χ0v) is 11.1. The van der Waals surface area contributed by atoms with Crippen LogP contribution in [0.15, 0.2) is 32.3 Å². The summed E-state index contributed by atoms with van der Waals surface area (Å²) in [7, 11) is -3.63. The third-order valence-corrected chi connectivity index (χ3v) is 3.90. The number of fused-ring (bicyclic) bond motifs is 1. The van der Waals surface area contributed by atoms with Crippen molar-refractivity contribution in [3.05, 3.63) is 28.7 Å². The van der Waals surface area contributed by atoms with Crippen molar-refractivity contribution >= 4 is 21.1 Å². The number of aromatic amines is 1. The fraction of sp³-hybridized carbons (Fsp3) is 0.364. The monoisotopic (exact) mass is 270 g/mol. The Balaban J connectivity index is 2.51. The van der Waals surface area contributed by atoms with Crippen LogP contribution in [0.25, 0.3) is 11.1 Å². The van der Waals surface area contributed by atoms with Gasteiger partial charge >= 0.3 is 5.76 Å². The minimum absolute atomic E-state index is 0.0627. The number of hydrogen-bond donors (Lipinski definition) is 2. The number of benzene rings is 1. The Kier molecular flexibility index (Phi) is 2.83. The number of nitrogens with one attached hydrogen (secondary N) is 2. The highest BCUT2D eigenvalue weighted by Gasteiger charge is 2.22. The molecule has 0 aliphatic carbocycles. The zero-order chi connectivity index (χ0) is 13.6. The number of hydrogen-bond acceptors (Lipinski definition) is 4. The summed E-state index contributed by atoms with van der Waals surface area (Å²) in [6, 6.07) is 4.24. The van der Waals surface area contributed by atoms with E-state index < -0.39 is 21.3 Å². The predicted molar refractivity (Wildman–Crippen MR) is 66.9 cm³/mol. The molecule has 0 unspecified atom stereocenters. The fourth-order valence-corrected chi connectivity index (χ4v) is 2.99. The molecule has 0 amide bonds. The molecule has 7 heteroatoms. The topological polar surface area (TPSA) is 92.2 Å². The first-order valence-electron chi connectivity index (χ1n) is 5.34. The summed E-state index contributed by atoms with van der Waals surface area (Å²) in [5, 5.41) is 0. The molecule has 1 aromatic carbocycles. The minimum atomic E-state index is -3.63. The molecule has 0 saturated heterocycles. The first-order valence-corrected chi connectivity index (χ1v) is 6.83. The summed E-state index contributed by atoms with van der Waals surface area (Å²) in [6.45, 7) is 5.25. The lowest BCUT2D eigenvalue weighted by molar-refractivity contribution is 0.491. The highest BCUT2D eigenvalue weighted by Crippen LogP contribution is 2.18. The summed E-state index contributed by atoms with van der Waals surface area (Å²) in [6.07, 6.45) is 0. The maximum Gasteiger partial charge on any atom is 0.417 e. The Hall–Kier alpha value is -1.60. The Labute approximate surface area is 104 Å². The van der Waals surface area contributed by atoms with Crippen LogP contribution in [0, 0.1) is 0 Å². The minimum Gasteiger partial charge on any atom is -0.408 e. The second-order valence-electron chi connectivity index (χ2n) is 5.03. The van der Waals surface area contributed by atoms with Crippen LogP contribution in [0.5, 0.6) is 0 Å². The molecule has 2 aromatic rings. The van der Waals surface area contributed by atoms with Gasteiger partial charge < -0.3 is 4.42 Å². The molecule has 0 spiro atoms. The SMILES string of the molecule is CC(C)(C)NS(=O)(=O)c1ccc2[nH]c(=O)oc2c1. The van der Waals surface area contributed by atoms with Gasteiger partial charge in [-0.25, -0.2) is 17.9 Å². The molecule has 0 aliphatic rings. The highest BCUT2D eigenvalue weighted by atomic mass is 32.2. The number of sulfonamides is 1. The van der Waals surface area contributed by atoms with E-state index in [-0.39, 0.29) is 10.5 Å². The van der Waals surface area contributed by atoms with E-state index in [1.807, 2.05) is 0 Å². The maximum atomic E-state index is 12.1. The van der Waals surface area contributed by atoms with Crippen molar-refractivity contribution < 1.29 is 12.8 Å². The van der Waals surface area contributed by atoms with Gasteiger partial charge in [0.2, 0.25) is 10.0 Å². The van der Waals surface area contributed by atoms with Gasteiger partial charge in [-0.15, -0.1) is 0 Å². The molecule has 98 valence electrons. The lowest BCUT2D eigenvalue weighted by Crippen LogP contribution is -2.40. The molecule has 0 radical (unpaired) electrons. The third kappa shape index (κ3) is 2.62. The van der Waals surface area contributed by atoms with E-state index in [4.69, 9.17) is 4.42 Å². The summed E-state index contributed by atoms with van der Waals surface area (Å²) >= 11 is 0. The summed E-state index contributed by atoms with van der Waals surface area (Å²) in [5.41, 5.74) is 0.110. The van der Waals surface area contributed by atoms with Crippen LogP contribution in [0.2, 0.25) is 0 Å². The van der Waals surface area contributed by atoms with E-state index in [9.17, 15) is 13.2 Å². The average Bonchev–Trinajstić information content (AvgIpc) is 2.52. The summed E-state index contributed by atoms with van der Waals surface area (Å²) in [5.74, 6) is -0.608. The molecule has 0 saturated carbocycles. The van der Waals surface area contributed by atoms with Gasteiger partial charge in [0.15, 0.2) is 5.58 Å². The maximum absolute atomic E-state index is 12.1. The molecule has 2 rings (SSSR count). The predicted octanol–water partition coefficient (Wildman–Crippen LogP) is 1.20. The normalized spacial score (nSPS) is 13.1. The van der Waals surface area contributed by atoms with E-state index in [1.165, 1.54) is 18.2 Å². The molecule has 2 N–H and O–H groups in total. The van der Waals surface area contributed by atoms with Gasteiger partial charge in [-0.1, -0.05) is 0 Å². The lowest BCUT2D eigenvalue weighted by Gasteiger charge is -2.20. The first kappa shape index (κ1) is 12.8. The number of rotatable bonds is 2. The summed E-state index contributed by atoms with van der Waals surface area (Å²) in [4.78, 5) is 13.5. The molecule has 1 heterocycles. The van der Waals surface area contributed by atoms with E-state index in [0.29, 0.717) is 5.52 Å². The molecule has 6 nitrogen and oxygen atoms in total. The van der Waals surface area contributed by atoms with Crippen LogP contribution >= 0.6 is 0 Å². The fourth-order valence-electron chi connectivity index (χ4n) is 1.55. The molecule has 1 aromatic heterocycles. The lowest BCUT2D eigenvalue weighted by atomic mass is 10.1. The second-order valence-corrected chi connectivity index (χ2v) is 6.71. The quantitative estimate of drug-likeness (QED) is 0.857. The van der Waals surface area contributed by atoms with Crippen molar-refractivity contribution in [1.29, 1.82) is 0 Å². The van der Waals surface area contributed by atoms with Crippen LogP contribution in [-0.4, -0.2) is 18.9 Å². The molecule has 18 heavy (non-hydrogen) atoms. The van der Waals surface area contributed by atoms with Gasteiger partial charge in [-0.3, -0.25) is 4.98 Å². The number of H-pyrrole nitrogens is 1. The molecular weight excluding hydrogens is 256 g/mol. The van der Waals surface area contributed by atoms with E-state index in [2.05, 4.69) is 9.71 Å². The molecule has 0 fully saturated rings. The van der Waals surface area contributed by atoms with E-state index in [0.717, 1.165) is 0 Å². The highest BCUT2D eigenvalue weighted by molar-refractivity contribution is 7.89. The van der Waals surface area contributed by atoms with Gasteiger partial charge in [0.25, 0.3) is 0 Å². The smallest absolute Gasteiger partial charge is 0.408 e. The Morgan fingerprint density at radius 1 is 1.28 bits per heavy atom. The van der Waals surface area contributed by atoms with Gasteiger partial charge in [0.1, 0.15) is 0 Å². The first-order chi connectivity index (χ1) is 8.17.